The second-order valence-electron chi connectivity index (χ2n) is 5.21. The number of aliphatic hydroxyl groups excluding tert-OH is 1. The highest BCUT2D eigenvalue weighted by Gasteiger charge is 2.07. The average molecular weight is 255 g/mol. The summed E-state index contributed by atoms with van der Waals surface area (Å²) in [7, 11) is 0. The van der Waals surface area contributed by atoms with Crippen molar-refractivity contribution in [3.05, 3.63) is 65.0 Å². The quantitative estimate of drug-likeness (QED) is 0.889. The normalized spacial score (nSPS) is 12.4. The third kappa shape index (κ3) is 4.49. The van der Waals surface area contributed by atoms with Gasteiger partial charge in [0.25, 0.3) is 0 Å². The molecule has 0 aliphatic rings. The zero-order valence-corrected chi connectivity index (χ0v) is 11.6. The molecule has 1 atom stereocenters. The van der Waals surface area contributed by atoms with Gasteiger partial charge in [0.2, 0.25) is 0 Å². The van der Waals surface area contributed by atoms with E-state index in [-0.39, 0.29) is 6.10 Å². The monoisotopic (exact) mass is 255 g/mol. The molecule has 2 nitrogen and oxygen atoms in total. The second kappa shape index (κ2) is 6.48. The standard InChI is InChI=1S/C17H21NO/c1-13-4-3-5-15(10-13)7-9-17(19)11-16-8-6-14(2)12-18-16/h3-6,8,10,12,17,19H,7,9,11H2,1-2H3. The van der Waals surface area contributed by atoms with Crippen molar-refractivity contribution in [3.8, 4) is 0 Å². The number of pyridine rings is 1. The highest BCUT2D eigenvalue weighted by Crippen LogP contribution is 2.10. The highest BCUT2D eigenvalue weighted by atomic mass is 16.3. The predicted octanol–water partition coefficient (Wildman–Crippen LogP) is 3.23. The summed E-state index contributed by atoms with van der Waals surface area (Å²) in [5.74, 6) is 0. The van der Waals surface area contributed by atoms with E-state index in [1.54, 1.807) is 0 Å². The van der Waals surface area contributed by atoms with E-state index in [2.05, 4.69) is 36.2 Å². The van der Waals surface area contributed by atoms with E-state index in [4.69, 9.17) is 0 Å². The molecule has 0 spiro atoms. The Morgan fingerprint density at radius 1 is 1.11 bits per heavy atom. The van der Waals surface area contributed by atoms with E-state index in [0.29, 0.717) is 6.42 Å². The molecule has 2 aromatic rings. The maximum Gasteiger partial charge on any atom is 0.0598 e. The summed E-state index contributed by atoms with van der Waals surface area (Å²) in [5.41, 5.74) is 4.67. The van der Waals surface area contributed by atoms with Crippen LogP contribution < -0.4 is 0 Å². The molecule has 0 saturated heterocycles. The minimum atomic E-state index is -0.323. The Kier molecular flexibility index (Phi) is 4.69. The van der Waals surface area contributed by atoms with Crippen LogP contribution in [0, 0.1) is 13.8 Å². The lowest BCUT2D eigenvalue weighted by molar-refractivity contribution is 0.164. The zero-order chi connectivity index (χ0) is 13.7. The van der Waals surface area contributed by atoms with E-state index in [1.165, 1.54) is 11.1 Å². The van der Waals surface area contributed by atoms with Gasteiger partial charge in [-0.05, 0) is 43.9 Å². The SMILES string of the molecule is Cc1ccc(CC(O)CCc2cccc(C)c2)nc1. The first kappa shape index (κ1) is 13.8. The maximum atomic E-state index is 10.1. The van der Waals surface area contributed by atoms with Crippen LogP contribution in [-0.2, 0) is 12.8 Å². The molecule has 0 amide bonds. The van der Waals surface area contributed by atoms with Crippen molar-refractivity contribution in [2.24, 2.45) is 0 Å². The third-order valence-corrected chi connectivity index (χ3v) is 3.27. The fourth-order valence-electron chi connectivity index (χ4n) is 2.16. The van der Waals surface area contributed by atoms with Crippen LogP contribution in [0.25, 0.3) is 0 Å². The number of aryl methyl sites for hydroxylation is 3. The lowest BCUT2D eigenvalue weighted by Gasteiger charge is -2.10. The third-order valence-electron chi connectivity index (χ3n) is 3.27. The predicted molar refractivity (Wildman–Crippen MR) is 78.2 cm³/mol. The fourth-order valence-corrected chi connectivity index (χ4v) is 2.16. The van der Waals surface area contributed by atoms with Crippen LogP contribution in [0.2, 0.25) is 0 Å². The molecule has 1 heterocycles. The van der Waals surface area contributed by atoms with E-state index in [9.17, 15) is 5.11 Å². The maximum absolute atomic E-state index is 10.1. The van der Waals surface area contributed by atoms with E-state index in [1.807, 2.05) is 25.3 Å². The van der Waals surface area contributed by atoms with Crippen LogP contribution in [0.1, 0.15) is 28.8 Å². The molecule has 0 aliphatic carbocycles. The molecule has 0 fully saturated rings. The summed E-state index contributed by atoms with van der Waals surface area (Å²) in [5, 5.41) is 10.1. The Hall–Kier alpha value is -1.67. The molecule has 0 saturated carbocycles. The van der Waals surface area contributed by atoms with Crippen LogP contribution in [0.5, 0.6) is 0 Å². The molecule has 2 rings (SSSR count). The van der Waals surface area contributed by atoms with Gasteiger partial charge < -0.3 is 5.11 Å². The first-order valence-electron chi connectivity index (χ1n) is 6.78. The smallest absolute Gasteiger partial charge is 0.0598 e. The molecule has 0 bridgehead atoms. The van der Waals surface area contributed by atoms with Gasteiger partial charge in [0.1, 0.15) is 0 Å². The van der Waals surface area contributed by atoms with E-state index < -0.39 is 0 Å². The minimum Gasteiger partial charge on any atom is -0.393 e. The van der Waals surface area contributed by atoms with Gasteiger partial charge in [0.15, 0.2) is 0 Å². The molecular formula is C17H21NO. The Balaban J connectivity index is 1.84. The van der Waals surface area contributed by atoms with Crippen LogP contribution in [0.15, 0.2) is 42.6 Å². The second-order valence-corrected chi connectivity index (χ2v) is 5.21. The van der Waals surface area contributed by atoms with Crippen molar-refractivity contribution in [2.75, 3.05) is 0 Å². The van der Waals surface area contributed by atoms with Gasteiger partial charge in [-0.25, -0.2) is 0 Å². The number of hydrogen-bond donors (Lipinski definition) is 1. The first-order chi connectivity index (χ1) is 9.13. The van der Waals surface area contributed by atoms with Crippen molar-refractivity contribution in [3.63, 3.8) is 0 Å². The van der Waals surface area contributed by atoms with Crippen molar-refractivity contribution in [1.29, 1.82) is 0 Å². The van der Waals surface area contributed by atoms with Crippen LogP contribution in [-0.4, -0.2) is 16.2 Å². The number of rotatable bonds is 5. The van der Waals surface area contributed by atoms with E-state index in [0.717, 1.165) is 24.1 Å². The topological polar surface area (TPSA) is 33.1 Å². The molecule has 1 unspecified atom stereocenters. The van der Waals surface area contributed by atoms with Gasteiger partial charge in [0, 0.05) is 18.3 Å². The molecule has 1 N–H and O–H groups in total. The summed E-state index contributed by atoms with van der Waals surface area (Å²) in [6, 6.07) is 12.5. The summed E-state index contributed by atoms with van der Waals surface area (Å²) in [6.07, 6.45) is 3.85. The Morgan fingerprint density at radius 2 is 1.95 bits per heavy atom. The number of aromatic nitrogens is 1. The van der Waals surface area contributed by atoms with Gasteiger partial charge in [-0.1, -0.05) is 35.9 Å². The fraction of sp³-hybridized carbons (Fsp3) is 0.353. The lowest BCUT2D eigenvalue weighted by atomic mass is 10.0. The average Bonchev–Trinajstić information content (AvgIpc) is 2.39. The van der Waals surface area contributed by atoms with Gasteiger partial charge in [0.05, 0.1) is 6.10 Å². The van der Waals surface area contributed by atoms with Crippen molar-refractivity contribution in [2.45, 2.75) is 39.2 Å². The molecule has 0 radical (unpaired) electrons. The van der Waals surface area contributed by atoms with Crippen LogP contribution >= 0.6 is 0 Å². The minimum absolute atomic E-state index is 0.323. The molecule has 19 heavy (non-hydrogen) atoms. The molecule has 100 valence electrons. The van der Waals surface area contributed by atoms with E-state index >= 15 is 0 Å². The molecular weight excluding hydrogens is 234 g/mol. The Bertz CT molecular complexity index is 519. The lowest BCUT2D eigenvalue weighted by Crippen LogP contribution is -2.12. The summed E-state index contributed by atoms with van der Waals surface area (Å²) in [6.45, 7) is 4.11. The van der Waals surface area contributed by atoms with Crippen molar-refractivity contribution in [1.82, 2.24) is 4.98 Å². The van der Waals surface area contributed by atoms with Gasteiger partial charge >= 0.3 is 0 Å². The molecule has 1 aromatic carbocycles. The zero-order valence-electron chi connectivity index (χ0n) is 11.6. The summed E-state index contributed by atoms with van der Waals surface area (Å²) < 4.78 is 0. The number of nitrogens with zero attached hydrogens (tertiary/aromatic N) is 1. The van der Waals surface area contributed by atoms with Crippen LogP contribution in [0.4, 0.5) is 0 Å². The van der Waals surface area contributed by atoms with Crippen LogP contribution in [0.3, 0.4) is 0 Å². The molecule has 1 aromatic heterocycles. The van der Waals surface area contributed by atoms with Crippen molar-refractivity contribution >= 4 is 0 Å². The number of hydrogen-bond acceptors (Lipinski definition) is 2. The Morgan fingerprint density at radius 3 is 2.63 bits per heavy atom. The van der Waals surface area contributed by atoms with Gasteiger partial charge in [-0.15, -0.1) is 0 Å². The van der Waals surface area contributed by atoms with Gasteiger partial charge in [-0.2, -0.15) is 0 Å². The summed E-state index contributed by atoms with van der Waals surface area (Å²) in [4.78, 5) is 4.33. The van der Waals surface area contributed by atoms with Crippen molar-refractivity contribution < 1.29 is 5.11 Å². The summed E-state index contributed by atoms with van der Waals surface area (Å²) >= 11 is 0. The highest BCUT2D eigenvalue weighted by molar-refractivity contribution is 5.22. The number of benzene rings is 1. The Labute approximate surface area is 115 Å². The molecule has 0 aliphatic heterocycles. The number of aliphatic hydroxyl groups is 1. The molecule has 2 heteroatoms. The van der Waals surface area contributed by atoms with Gasteiger partial charge in [-0.3, -0.25) is 4.98 Å². The first-order valence-corrected chi connectivity index (χ1v) is 6.78. The largest absolute Gasteiger partial charge is 0.393 e.